The Morgan fingerprint density at radius 3 is 2.07 bits per heavy atom. The molecule has 0 spiro atoms. The van der Waals surface area contributed by atoms with Crippen molar-refractivity contribution in [3.05, 3.63) is 35.9 Å². The first-order valence-corrected chi connectivity index (χ1v) is 9.01. The largest absolute Gasteiger partial charge is 0.480 e. The summed E-state index contributed by atoms with van der Waals surface area (Å²) in [6.07, 6.45) is 0.0254. The van der Waals surface area contributed by atoms with Crippen LogP contribution in [0, 0.1) is 5.92 Å². The molecule has 0 aliphatic carbocycles. The number of hydrogen-bond acceptors (Lipinski definition) is 5. The van der Waals surface area contributed by atoms with E-state index < -0.39 is 41.8 Å². The Morgan fingerprint density at radius 1 is 1.00 bits per heavy atom. The lowest BCUT2D eigenvalue weighted by Gasteiger charge is -2.24. The Kier molecular flexibility index (Phi) is 9.10. The fraction of sp³-hybridized carbons (Fsp3) is 0.474. The average Bonchev–Trinajstić information content (AvgIpc) is 2.60. The first-order chi connectivity index (χ1) is 13.1. The van der Waals surface area contributed by atoms with Gasteiger partial charge in [-0.3, -0.25) is 14.4 Å². The summed E-state index contributed by atoms with van der Waals surface area (Å²) in [6, 6.07) is 5.57. The number of amides is 3. The van der Waals surface area contributed by atoms with E-state index in [1.54, 1.807) is 30.3 Å². The number of carbonyl (C=O) groups excluding carboxylic acids is 3. The van der Waals surface area contributed by atoms with E-state index in [4.69, 9.17) is 11.5 Å². The summed E-state index contributed by atoms with van der Waals surface area (Å²) in [5.74, 6) is -3.20. The second-order valence-corrected chi connectivity index (χ2v) is 7.06. The summed E-state index contributed by atoms with van der Waals surface area (Å²) < 4.78 is 0. The number of carboxylic acids is 1. The molecule has 1 aromatic rings. The summed E-state index contributed by atoms with van der Waals surface area (Å²) in [6.45, 7) is 3.71. The number of carboxylic acid groups (broad SMARTS) is 1. The minimum atomic E-state index is -1.18. The zero-order valence-electron chi connectivity index (χ0n) is 16.1. The van der Waals surface area contributed by atoms with Gasteiger partial charge in [-0.1, -0.05) is 44.2 Å². The highest BCUT2D eigenvalue weighted by Gasteiger charge is 2.29. The second kappa shape index (κ2) is 11.0. The van der Waals surface area contributed by atoms with Gasteiger partial charge >= 0.3 is 5.97 Å². The van der Waals surface area contributed by atoms with Gasteiger partial charge in [-0.25, -0.2) is 4.79 Å². The molecule has 7 N–H and O–H groups in total. The van der Waals surface area contributed by atoms with E-state index in [-0.39, 0.29) is 25.2 Å². The van der Waals surface area contributed by atoms with Crippen LogP contribution in [0.2, 0.25) is 0 Å². The molecule has 1 aromatic carbocycles. The van der Waals surface area contributed by atoms with Crippen molar-refractivity contribution < 1.29 is 24.3 Å². The van der Waals surface area contributed by atoms with Crippen LogP contribution in [-0.2, 0) is 25.6 Å². The first kappa shape index (κ1) is 23.1. The highest BCUT2D eigenvalue weighted by molar-refractivity contribution is 5.93. The molecule has 0 saturated carbocycles. The van der Waals surface area contributed by atoms with Crippen LogP contribution >= 0.6 is 0 Å². The van der Waals surface area contributed by atoms with Crippen LogP contribution in [0.4, 0.5) is 0 Å². The normalized spacial score (nSPS) is 14.0. The van der Waals surface area contributed by atoms with Crippen LogP contribution in [0.5, 0.6) is 0 Å². The maximum absolute atomic E-state index is 12.6. The van der Waals surface area contributed by atoms with Crippen molar-refractivity contribution in [2.45, 2.75) is 51.2 Å². The zero-order chi connectivity index (χ0) is 21.3. The topological polar surface area (TPSA) is 165 Å². The maximum Gasteiger partial charge on any atom is 0.326 e. The minimum absolute atomic E-state index is 0.0424. The second-order valence-electron chi connectivity index (χ2n) is 7.06. The molecule has 0 aromatic heterocycles. The van der Waals surface area contributed by atoms with E-state index in [0.717, 1.165) is 5.56 Å². The van der Waals surface area contributed by atoms with E-state index in [9.17, 15) is 24.3 Å². The zero-order valence-corrected chi connectivity index (χ0v) is 16.1. The van der Waals surface area contributed by atoms with Gasteiger partial charge in [0.2, 0.25) is 17.7 Å². The Bertz CT molecular complexity index is 693. The van der Waals surface area contributed by atoms with Gasteiger partial charge in [0.15, 0.2) is 0 Å². The lowest BCUT2D eigenvalue weighted by molar-refractivity contribution is -0.142. The highest BCUT2D eigenvalue weighted by Crippen LogP contribution is 2.08. The van der Waals surface area contributed by atoms with E-state index in [0.29, 0.717) is 0 Å². The first-order valence-electron chi connectivity index (χ1n) is 9.01. The van der Waals surface area contributed by atoms with Crippen LogP contribution in [0.1, 0.15) is 32.3 Å². The van der Waals surface area contributed by atoms with Crippen molar-refractivity contribution in [3.63, 3.8) is 0 Å². The number of aliphatic carboxylic acids is 1. The van der Waals surface area contributed by atoms with Crippen molar-refractivity contribution in [1.82, 2.24) is 10.6 Å². The van der Waals surface area contributed by atoms with E-state index in [1.165, 1.54) is 0 Å². The molecule has 0 heterocycles. The number of carbonyl (C=O) groups is 4. The lowest BCUT2D eigenvalue weighted by atomic mass is 10.0. The highest BCUT2D eigenvalue weighted by atomic mass is 16.4. The Morgan fingerprint density at radius 2 is 1.57 bits per heavy atom. The molecule has 0 bridgehead atoms. The van der Waals surface area contributed by atoms with Gasteiger partial charge in [0.05, 0.1) is 12.5 Å². The summed E-state index contributed by atoms with van der Waals surface area (Å²) in [5.41, 5.74) is 11.4. The van der Waals surface area contributed by atoms with Crippen molar-refractivity contribution >= 4 is 23.7 Å². The van der Waals surface area contributed by atoms with Gasteiger partial charge in [-0.2, -0.15) is 0 Å². The molecule has 154 valence electrons. The molecule has 0 saturated heterocycles. The van der Waals surface area contributed by atoms with Gasteiger partial charge in [0.1, 0.15) is 12.1 Å². The number of nitrogens with one attached hydrogen (secondary N) is 2. The van der Waals surface area contributed by atoms with E-state index >= 15 is 0 Å². The molecule has 0 aliphatic rings. The Balaban J connectivity index is 2.84. The smallest absolute Gasteiger partial charge is 0.326 e. The molecule has 1 rings (SSSR count). The molecule has 0 aliphatic heterocycles. The third-order valence-corrected chi connectivity index (χ3v) is 4.00. The van der Waals surface area contributed by atoms with Crippen molar-refractivity contribution in [2.75, 3.05) is 0 Å². The molecule has 3 unspecified atom stereocenters. The third kappa shape index (κ3) is 8.17. The van der Waals surface area contributed by atoms with Crippen LogP contribution < -0.4 is 22.1 Å². The molecule has 28 heavy (non-hydrogen) atoms. The minimum Gasteiger partial charge on any atom is -0.480 e. The SMILES string of the molecule is CC(C)CC(NC(=O)C(N)CC(N)=O)C(=O)NC(Cc1ccccc1)C(=O)O. The van der Waals surface area contributed by atoms with E-state index in [2.05, 4.69) is 10.6 Å². The molecule has 0 radical (unpaired) electrons. The molecular weight excluding hydrogens is 364 g/mol. The van der Waals surface area contributed by atoms with Crippen molar-refractivity contribution in [3.8, 4) is 0 Å². The average molecular weight is 392 g/mol. The molecule has 9 nitrogen and oxygen atoms in total. The van der Waals surface area contributed by atoms with Crippen molar-refractivity contribution in [1.29, 1.82) is 0 Å². The molecular formula is C19H28N4O5. The fourth-order valence-electron chi connectivity index (χ4n) is 2.61. The van der Waals surface area contributed by atoms with E-state index in [1.807, 2.05) is 13.8 Å². The quantitative estimate of drug-likeness (QED) is 0.342. The molecule has 0 fully saturated rings. The summed E-state index contributed by atoms with van der Waals surface area (Å²) >= 11 is 0. The number of nitrogens with two attached hydrogens (primary N) is 2. The van der Waals surface area contributed by atoms with Crippen LogP contribution in [-0.4, -0.2) is 46.9 Å². The predicted molar refractivity (Wildman–Crippen MR) is 103 cm³/mol. The maximum atomic E-state index is 12.6. The van der Waals surface area contributed by atoms with Crippen LogP contribution in [0.3, 0.4) is 0 Å². The van der Waals surface area contributed by atoms with Gasteiger partial charge < -0.3 is 27.2 Å². The Hall–Kier alpha value is -2.94. The lowest BCUT2D eigenvalue weighted by Crippen LogP contribution is -2.55. The number of primary amides is 1. The molecule has 3 amide bonds. The van der Waals surface area contributed by atoms with Crippen LogP contribution in [0.15, 0.2) is 30.3 Å². The van der Waals surface area contributed by atoms with Gasteiger partial charge in [0.25, 0.3) is 0 Å². The molecule has 3 atom stereocenters. The van der Waals surface area contributed by atoms with Gasteiger partial charge in [0, 0.05) is 6.42 Å². The number of hydrogen-bond donors (Lipinski definition) is 5. The van der Waals surface area contributed by atoms with Crippen LogP contribution in [0.25, 0.3) is 0 Å². The molecule has 9 heteroatoms. The summed E-state index contributed by atoms with van der Waals surface area (Å²) in [7, 11) is 0. The summed E-state index contributed by atoms with van der Waals surface area (Å²) in [4.78, 5) is 47.3. The Labute approximate surface area is 163 Å². The number of benzene rings is 1. The fourth-order valence-corrected chi connectivity index (χ4v) is 2.61. The summed E-state index contributed by atoms with van der Waals surface area (Å²) in [5, 5.41) is 14.4. The van der Waals surface area contributed by atoms with Gasteiger partial charge in [-0.05, 0) is 17.9 Å². The van der Waals surface area contributed by atoms with Crippen molar-refractivity contribution in [2.24, 2.45) is 17.4 Å². The monoisotopic (exact) mass is 392 g/mol. The number of rotatable bonds is 11. The standard InChI is InChI=1S/C19H28N4O5/c1-11(2)8-14(22-17(25)13(20)10-16(21)24)18(26)23-15(19(27)28)9-12-6-4-3-5-7-12/h3-7,11,13-15H,8-10,20H2,1-2H3,(H2,21,24)(H,22,25)(H,23,26)(H,27,28). The van der Waals surface area contributed by atoms with Gasteiger partial charge in [-0.15, -0.1) is 0 Å². The predicted octanol–water partition coefficient (Wildman–Crippen LogP) is -0.468. The third-order valence-electron chi connectivity index (χ3n) is 4.00.